The number of carbonyl (C=O) groups excluding carboxylic acids is 2. The quantitative estimate of drug-likeness (QED) is 0.856. The van der Waals surface area contributed by atoms with Crippen molar-refractivity contribution in [1.82, 2.24) is 4.90 Å². The number of imide groups is 1. The Bertz CT molecular complexity index is 622. The van der Waals surface area contributed by atoms with Gasteiger partial charge in [0.1, 0.15) is 6.54 Å². The fourth-order valence-electron chi connectivity index (χ4n) is 1.79. The van der Waals surface area contributed by atoms with Gasteiger partial charge in [0.05, 0.1) is 4.91 Å². The fourth-order valence-corrected chi connectivity index (χ4v) is 2.63. The Morgan fingerprint density at radius 2 is 1.90 bits per heavy atom. The summed E-state index contributed by atoms with van der Waals surface area (Å²) in [5.41, 5.74) is 1.80. The number of hydrogen-bond acceptors (Lipinski definition) is 5. The molecule has 7 heteroatoms. The van der Waals surface area contributed by atoms with Crippen LogP contribution in [0.4, 0.5) is 10.5 Å². The summed E-state index contributed by atoms with van der Waals surface area (Å²) in [4.78, 5) is 37.1. The van der Waals surface area contributed by atoms with Crippen LogP contribution >= 0.6 is 11.8 Å². The van der Waals surface area contributed by atoms with E-state index in [9.17, 15) is 14.4 Å². The van der Waals surface area contributed by atoms with E-state index in [1.165, 1.54) is 0 Å². The molecule has 110 valence electrons. The SMILES string of the molecule is CN(C)c1ccc(/C=C2\SC(=O)N(CC(=O)O)C2=O)cc1. The zero-order valence-corrected chi connectivity index (χ0v) is 12.4. The molecule has 21 heavy (non-hydrogen) atoms. The van der Waals surface area contributed by atoms with Crippen LogP contribution in [0.3, 0.4) is 0 Å². The van der Waals surface area contributed by atoms with E-state index >= 15 is 0 Å². The van der Waals surface area contributed by atoms with Crippen LogP contribution < -0.4 is 4.90 Å². The van der Waals surface area contributed by atoms with Gasteiger partial charge in [-0.3, -0.25) is 19.3 Å². The van der Waals surface area contributed by atoms with Crippen LogP contribution in [-0.2, 0) is 9.59 Å². The molecule has 0 aromatic heterocycles. The highest BCUT2D eigenvalue weighted by molar-refractivity contribution is 8.18. The van der Waals surface area contributed by atoms with E-state index in [1.54, 1.807) is 6.08 Å². The summed E-state index contributed by atoms with van der Waals surface area (Å²) in [5.74, 6) is -1.78. The van der Waals surface area contributed by atoms with Crippen molar-refractivity contribution >= 4 is 40.6 Å². The topological polar surface area (TPSA) is 77.9 Å². The van der Waals surface area contributed by atoms with Gasteiger partial charge in [-0.25, -0.2) is 0 Å². The zero-order chi connectivity index (χ0) is 15.6. The van der Waals surface area contributed by atoms with E-state index in [-0.39, 0.29) is 4.91 Å². The first-order valence-corrected chi connectivity index (χ1v) is 6.94. The van der Waals surface area contributed by atoms with Crippen molar-refractivity contribution in [3.63, 3.8) is 0 Å². The monoisotopic (exact) mass is 306 g/mol. The molecule has 1 saturated heterocycles. The van der Waals surface area contributed by atoms with Gasteiger partial charge >= 0.3 is 5.97 Å². The lowest BCUT2D eigenvalue weighted by atomic mass is 10.2. The summed E-state index contributed by atoms with van der Waals surface area (Å²) in [5, 5.41) is 8.13. The molecule has 0 unspecified atom stereocenters. The minimum atomic E-state index is -1.21. The maximum Gasteiger partial charge on any atom is 0.323 e. The molecular weight excluding hydrogens is 292 g/mol. The lowest BCUT2D eigenvalue weighted by molar-refractivity contribution is -0.140. The maximum atomic E-state index is 12.0. The number of amides is 2. The third kappa shape index (κ3) is 3.43. The van der Waals surface area contributed by atoms with Gasteiger partial charge < -0.3 is 10.0 Å². The van der Waals surface area contributed by atoms with Gasteiger partial charge in [0.25, 0.3) is 11.1 Å². The van der Waals surface area contributed by atoms with Crippen molar-refractivity contribution in [2.45, 2.75) is 0 Å². The van der Waals surface area contributed by atoms with Crippen molar-refractivity contribution in [1.29, 1.82) is 0 Å². The molecule has 0 aliphatic carbocycles. The van der Waals surface area contributed by atoms with Gasteiger partial charge in [0, 0.05) is 19.8 Å². The van der Waals surface area contributed by atoms with Crippen LogP contribution in [0.1, 0.15) is 5.56 Å². The number of aliphatic carboxylic acids is 1. The fraction of sp³-hybridized carbons (Fsp3) is 0.214. The summed E-state index contributed by atoms with van der Waals surface area (Å²) in [6.07, 6.45) is 1.59. The molecule has 1 aromatic carbocycles. The van der Waals surface area contributed by atoms with E-state index < -0.39 is 23.7 Å². The average Bonchev–Trinajstić information content (AvgIpc) is 2.67. The molecule has 0 saturated carbocycles. The Balaban J connectivity index is 2.20. The molecule has 1 aliphatic heterocycles. The predicted molar refractivity (Wildman–Crippen MR) is 81.1 cm³/mol. The van der Waals surface area contributed by atoms with Gasteiger partial charge in [0.2, 0.25) is 0 Å². The van der Waals surface area contributed by atoms with Gasteiger partial charge in [-0.05, 0) is 35.5 Å². The summed E-state index contributed by atoms with van der Waals surface area (Å²) >= 11 is 0.754. The highest BCUT2D eigenvalue weighted by Crippen LogP contribution is 2.32. The molecule has 6 nitrogen and oxygen atoms in total. The maximum absolute atomic E-state index is 12.0. The molecule has 0 spiro atoms. The third-order valence-corrected chi connectivity index (χ3v) is 3.78. The molecule has 0 bridgehead atoms. The van der Waals surface area contributed by atoms with Gasteiger partial charge in [-0.15, -0.1) is 0 Å². The lowest BCUT2D eigenvalue weighted by Gasteiger charge is -2.11. The number of hydrogen-bond donors (Lipinski definition) is 1. The number of benzene rings is 1. The molecule has 1 fully saturated rings. The van der Waals surface area contributed by atoms with E-state index in [0.29, 0.717) is 0 Å². The minimum Gasteiger partial charge on any atom is -0.480 e. The smallest absolute Gasteiger partial charge is 0.323 e. The number of carboxylic acids is 1. The molecule has 0 radical (unpaired) electrons. The number of anilines is 1. The van der Waals surface area contributed by atoms with Crippen molar-refractivity contribution in [3.05, 3.63) is 34.7 Å². The van der Waals surface area contributed by atoms with Crippen LogP contribution in [0.15, 0.2) is 29.2 Å². The minimum absolute atomic E-state index is 0.235. The molecule has 0 atom stereocenters. The average molecular weight is 306 g/mol. The van der Waals surface area contributed by atoms with Crippen LogP contribution in [-0.4, -0.2) is 47.8 Å². The summed E-state index contributed by atoms with van der Waals surface area (Å²) in [7, 11) is 3.85. The van der Waals surface area contributed by atoms with Crippen LogP contribution in [0.25, 0.3) is 6.08 Å². The normalized spacial score (nSPS) is 16.7. The van der Waals surface area contributed by atoms with E-state index in [0.717, 1.165) is 27.9 Å². The number of carbonyl (C=O) groups is 3. The molecule has 1 aromatic rings. The van der Waals surface area contributed by atoms with Gasteiger partial charge in [-0.2, -0.15) is 0 Å². The molecule has 2 rings (SSSR count). The highest BCUT2D eigenvalue weighted by Gasteiger charge is 2.36. The first-order chi connectivity index (χ1) is 9.88. The molecular formula is C14H14N2O4S. The van der Waals surface area contributed by atoms with Crippen molar-refractivity contribution in [3.8, 4) is 0 Å². The molecule has 1 N–H and O–H groups in total. The number of thioether (sulfide) groups is 1. The first kappa shape index (κ1) is 15.1. The van der Waals surface area contributed by atoms with E-state index in [4.69, 9.17) is 5.11 Å². The molecule has 1 aliphatic rings. The van der Waals surface area contributed by atoms with Crippen molar-refractivity contribution < 1.29 is 19.5 Å². The first-order valence-electron chi connectivity index (χ1n) is 6.13. The molecule has 1 heterocycles. The van der Waals surface area contributed by atoms with Crippen molar-refractivity contribution in [2.24, 2.45) is 0 Å². The number of nitrogens with zero attached hydrogens (tertiary/aromatic N) is 2. The highest BCUT2D eigenvalue weighted by atomic mass is 32.2. The van der Waals surface area contributed by atoms with E-state index in [2.05, 4.69) is 0 Å². The Hall–Kier alpha value is -2.28. The van der Waals surface area contributed by atoms with Crippen LogP contribution in [0, 0.1) is 0 Å². The van der Waals surface area contributed by atoms with E-state index in [1.807, 2.05) is 43.3 Å². The molecule has 2 amide bonds. The summed E-state index contributed by atoms with van der Waals surface area (Å²) in [6.45, 7) is -0.610. The Morgan fingerprint density at radius 1 is 1.29 bits per heavy atom. The number of rotatable bonds is 4. The van der Waals surface area contributed by atoms with Crippen molar-refractivity contribution in [2.75, 3.05) is 25.5 Å². The third-order valence-electron chi connectivity index (χ3n) is 2.87. The van der Waals surface area contributed by atoms with Crippen LogP contribution in [0.5, 0.6) is 0 Å². The second-order valence-electron chi connectivity index (χ2n) is 4.65. The summed E-state index contributed by atoms with van der Waals surface area (Å²) in [6, 6.07) is 7.46. The lowest BCUT2D eigenvalue weighted by Crippen LogP contribution is -2.33. The largest absolute Gasteiger partial charge is 0.480 e. The predicted octanol–water partition coefficient (Wildman–Crippen LogP) is 1.87. The zero-order valence-electron chi connectivity index (χ0n) is 11.6. The second kappa shape index (κ2) is 6.01. The van der Waals surface area contributed by atoms with Gasteiger partial charge in [-0.1, -0.05) is 12.1 Å². The summed E-state index contributed by atoms with van der Waals surface area (Å²) < 4.78 is 0. The van der Waals surface area contributed by atoms with Gasteiger partial charge in [0.15, 0.2) is 0 Å². The number of carboxylic acid groups (broad SMARTS) is 1. The Kier molecular flexibility index (Phi) is 4.32. The Labute approximate surface area is 126 Å². The van der Waals surface area contributed by atoms with Crippen LogP contribution in [0.2, 0.25) is 0 Å². The second-order valence-corrected chi connectivity index (χ2v) is 5.64. The standard InChI is InChI=1S/C14H14N2O4S/c1-15(2)10-5-3-9(4-6-10)7-11-13(19)16(8-12(17)18)14(20)21-11/h3-7H,8H2,1-2H3,(H,17,18)/b11-7-. The Morgan fingerprint density at radius 3 is 2.43 bits per heavy atom.